The summed E-state index contributed by atoms with van der Waals surface area (Å²) in [7, 11) is 0. The van der Waals surface area contributed by atoms with Gasteiger partial charge in [-0.15, -0.1) is 0 Å². The summed E-state index contributed by atoms with van der Waals surface area (Å²) in [5.74, 6) is 0.117. The molecule has 4 nitrogen and oxygen atoms in total. The van der Waals surface area contributed by atoms with Crippen molar-refractivity contribution in [2.75, 3.05) is 13.1 Å². The summed E-state index contributed by atoms with van der Waals surface area (Å²) in [5, 5.41) is 8.97. The highest BCUT2D eigenvalue weighted by Crippen LogP contribution is 2.25. The summed E-state index contributed by atoms with van der Waals surface area (Å²) in [6.07, 6.45) is -0.126. The van der Waals surface area contributed by atoms with Crippen molar-refractivity contribution in [2.45, 2.75) is 18.4 Å². The molecule has 1 fully saturated rings. The predicted molar refractivity (Wildman–Crippen MR) is 61.4 cm³/mol. The SMILES string of the molecule is N[C@H]1CCN(C(=O)O)C[C@H]1c1ccccc1. The van der Waals surface area contributed by atoms with Crippen LogP contribution in [0.25, 0.3) is 0 Å². The molecule has 1 heterocycles. The normalized spacial score (nSPS) is 25.4. The summed E-state index contributed by atoms with van der Waals surface area (Å²) in [5.41, 5.74) is 7.18. The van der Waals surface area contributed by atoms with E-state index in [9.17, 15) is 4.79 Å². The average Bonchev–Trinajstić information content (AvgIpc) is 2.30. The highest BCUT2D eigenvalue weighted by Gasteiger charge is 2.29. The molecule has 1 amide bonds. The van der Waals surface area contributed by atoms with Gasteiger partial charge in [0.1, 0.15) is 0 Å². The number of hydrogen-bond donors (Lipinski definition) is 2. The number of benzene rings is 1. The molecule has 0 aromatic heterocycles. The van der Waals surface area contributed by atoms with E-state index in [1.807, 2.05) is 30.3 Å². The van der Waals surface area contributed by atoms with Gasteiger partial charge in [0, 0.05) is 25.0 Å². The van der Waals surface area contributed by atoms with Gasteiger partial charge in [-0.25, -0.2) is 4.79 Å². The van der Waals surface area contributed by atoms with Crippen molar-refractivity contribution < 1.29 is 9.90 Å². The maximum Gasteiger partial charge on any atom is 0.407 e. The summed E-state index contributed by atoms with van der Waals surface area (Å²) >= 11 is 0. The minimum absolute atomic E-state index is 0.0537. The van der Waals surface area contributed by atoms with E-state index in [4.69, 9.17) is 10.8 Å². The molecule has 2 atom stereocenters. The van der Waals surface area contributed by atoms with Crippen LogP contribution in [-0.4, -0.2) is 35.2 Å². The van der Waals surface area contributed by atoms with Gasteiger partial charge < -0.3 is 15.7 Å². The minimum atomic E-state index is -0.854. The molecule has 1 saturated heterocycles. The summed E-state index contributed by atoms with van der Waals surface area (Å²) < 4.78 is 0. The zero-order chi connectivity index (χ0) is 11.5. The van der Waals surface area contributed by atoms with Crippen molar-refractivity contribution in [3.8, 4) is 0 Å². The van der Waals surface area contributed by atoms with E-state index in [1.54, 1.807) is 0 Å². The third kappa shape index (κ3) is 2.17. The summed E-state index contributed by atoms with van der Waals surface area (Å²) in [6.45, 7) is 1.04. The van der Waals surface area contributed by atoms with Gasteiger partial charge in [0.2, 0.25) is 0 Å². The van der Waals surface area contributed by atoms with E-state index in [0.717, 1.165) is 12.0 Å². The molecule has 1 aromatic carbocycles. The van der Waals surface area contributed by atoms with Crippen molar-refractivity contribution in [3.63, 3.8) is 0 Å². The average molecular weight is 220 g/mol. The Balaban J connectivity index is 2.16. The van der Waals surface area contributed by atoms with Crippen LogP contribution in [0.15, 0.2) is 30.3 Å². The number of amides is 1. The Morgan fingerprint density at radius 2 is 2.06 bits per heavy atom. The van der Waals surface area contributed by atoms with Gasteiger partial charge in [0.15, 0.2) is 0 Å². The molecule has 0 radical (unpaired) electrons. The third-order valence-corrected chi connectivity index (χ3v) is 3.16. The molecule has 3 N–H and O–H groups in total. The predicted octanol–water partition coefficient (Wildman–Crippen LogP) is 1.48. The molecular formula is C12H16N2O2. The number of carboxylic acid groups (broad SMARTS) is 1. The van der Waals surface area contributed by atoms with Gasteiger partial charge >= 0.3 is 6.09 Å². The molecule has 2 rings (SSSR count). The Bertz CT molecular complexity index is 367. The number of nitrogens with two attached hydrogens (primary N) is 1. The number of hydrogen-bond acceptors (Lipinski definition) is 2. The molecule has 0 saturated carbocycles. The first-order valence-corrected chi connectivity index (χ1v) is 5.47. The van der Waals surface area contributed by atoms with E-state index in [-0.39, 0.29) is 12.0 Å². The second-order valence-electron chi connectivity index (χ2n) is 4.20. The number of likely N-dealkylation sites (tertiary alicyclic amines) is 1. The van der Waals surface area contributed by atoms with Crippen molar-refractivity contribution in [2.24, 2.45) is 5.73 Å². The number of carbonyl (C=O) groups is 1. The molecule has 0 bridgehead atoms. The van der Waals surface area contributed by atoms with E-state index in [1.165, 1.54) is 4.90 Å². The molecular weight excluding hydrogens is 204 g/mol. The zero-order valence-electron chi connectivity index (χ0n) is 9.04. The Kier molecular flexibility index (Phi) is 3.10. The van der Waals surface area contributed by atoms with Crippen LogP contribution in [0.4, 0.5) is 4.79 Å². The van der Waals surface area contributed by atoms with Crippen LogP contribution in [0.3, 0.4) is 0 Å². The van der Waals surface area contributed by atoms with Gasteiger partial charge in [-0.3, -0.25) is 0 Å². The Morgan fingerprint density at radius 1 is 1.38 bits per heavy atom. The third-order valence-electron chi connectivity index (χ3n) is 3.16. The van der Waals surface area contributed by atoms with Crippen LogP contribution in [0.2, 0.25) is 0 Å². The van der Waals surface area contributed by atoms with Gasteiger partial charge in [-0.1, -0.05) is 30.3 Å². The van der Waals surface area contributed by atoms with Gasteiger partial charge in [0.05, 0.1) is 0 Å². The molecule has 4 heteroatoms. The zero-order valence-corrected chi connectivity index (χ0v) is 9.04. The van der Waals surface area contributed by atoms with Crippen molar-refractivity contribution in [1.82, 2.24) is 4.90 Å². The van der Waals surface area contributed by atoms with Crippen molar-refractivity contribution in [3.05, 3.63) is 35.9 Å². The number of nitrogens with zero attached hydrogens (tertiary/aromatic N) is 1. The highest BCUT2D eigenvalue weighted by atomic mass is 16.4. The molecule has 1 aliphatic rings. The lowest BCUT2D eigenvalue weighted by Gasteiger charge is -2.35. The lowest BCUT2D eigenvalue weighted by Crippen LogP contribution is -2.47. The lowest BCUT2D eigenvalue weighted by atomic mass is 9.87. The molecule has 1 aliphatic heterocycles. The summed E-state index contributed by atoms with van der Waals surface area (Å²) in [6, 6.07) is 9.94. The molecule has 0 spiro atoms. The molecule has 1 aromatic rings. The summed E-state index contributed by atoms with van der Waals surface area (Å²) in [4.78, 5) is 12.4. The first-order valence-electron chi connectivity index (χ1n) is 5.47. The van der Waals surface area contributed by atoms with Crippen LogP contribution < -0.4 is 5.73 Å². The fourth-order valence-corrected chi connectivity index (χ4v) is 2.20. The quantitative estimate of drug-likeness (QED) is 0.753. The second kappa shape index (κ2) is 4.53. The fourth-order valence-electron chi connectivity index (χ4n) is 2.20. The van der Waals surface area contributed by atoms with Crippen LogP contribution >= 0.6 is 0 Å². The van der Waals surface area contributed by atoms with Gasteiger partial charge in [0.25, 0.3) is 0 Å². The van der Waals surface area contributed by atoms with Crippen LogP contribution in [-0.2, 0) is 0 Å². The minimum Gasteiger partial charge on any atom is -0.465 e. The Labute approximate surface area is 94.7 Å². The van der Waals surface area contributed by atoms with E-state index in [2.05, 4.69) is 0 Å². The van der Waals surface area contributed by atoms with Gasteiger partial charge in [-0.2, -0.15) is 0 Å². The Hall–Kier alpha value is -1.55. The highest BCUT2D eigenvalue weighted by molar-refractivity contribution is 5.65. The largest absolute Gasteiger partial charge is 0.465 e. The topological polar surface area (TPSA) is 66.6 Å². The fraction of sp³-hybridized carbons (Fsp3) is 0.417. The smallest absolute Gasteiger partial charge is 0.407 e. The van der Waals surface area contributed by atoms with Crippen molar-refractivity contribution >= 4 is 6.09 Å². The first-order chi connectivity index (χ1) is 7.68. The lowest BCUT2D eigenvalue weighted by molar-refractivity contribution is 0.126. The number of piperidine rings is 1. The van der Waals surface area contributed by atoms with Crippen LogP contribution in [0.5, 0.6) is 0 Å². The Morgan fingerprint density at radius 3 is 2.69 bits per heavy atom. The molecule has 86 valence electrons. The number of rotatable bonds is 1. The maximum atomic E-state index is 10.9. The molecule has 16 heavy (non-hydrogen) atoms. The van der Waals surface area contributed by atoms with E-state index >= 15 is 0 Å². The van der Waals surface area contributed by atoms with Gasteiger partial charge in [-0.05, 0) is 12.0 Å². The van der Waals surface area contributed by atoms with E-state index in [0.29, 0.717) is 13.1 Å². The monoisotopic (exact) mass is 220 g/mol. The molecule has 0 aliphatic carbocycles. The second-order valence-corrected chi connectivity index (χ2v) is 4.20. The molecule has 0 unspecified atom stereocenters. The standard InChI is InChI=1S/C12H16N2O2/c13-11-6-7-14(12(15)16)8-10(11)9-4-2-1-3-5-9/h1-5,10-11H,6-8,13H2,(H,15,16)/t10-,11-/m0/s1. The first kappa shape index (κ1) is 11.0. The van der Waals surface area contributed by atoms with Crippen LogP contribution in [0.1, 0.15) is 17.9 Å². The van der Waals surface area contributed by atoms with Crippen molar-refractivity contribution in [1.29, 1.82) is 0 Å². The van der Waals surface area contributed by atoms with E-state index < -0.39 is 6.09 Å². The maximum absolute atomic E-state index is 10.9. The van der Waals surface area contributed by atoms with Crippen LogP contribution in [0, 0.1) is 0 Å².